The fourth-order valence-corrected chi connectivity index (χ4v) is 3.00. The van der Waals surface area contributed by atoms with E-state index in [1.165, 1.54) is 0 Å². The van der Waals surface area contributed by atoms with Gasteiger partial charge in [0.25, 0.3) is 0 Å². The summed E-state index contributed by atoms with van der Waals surface area (Å²) in [6, 6.07) is 9.88. The SMILES string of the molecule is CCN1CCN(c2cc(C)nc(NCc3ccc(Cl)cc3)n2)CC1. The van der Waals surface area contributed by atoms with E-state index in [9.17, 15) is 0 Å². The lowest BCUT2D eigenvalue weighted by atomic mass is 10.2. The zero-order valence-corrected chi connectivity index (χ0v) is 15.1. The highest BCUT2D eigenvalue weighted by Crippen LogP contribution is 2.17. The fraction of sp³-hybridized carbons (Fsp3) is 0.444. The third-order valence-electron chi connectivity index (χ3n) is 4.35. The molecule has 0 unspecified atom stereocenters. The van der Waals surface area contributed by atoms with Crippen LogP contribution in [-0.2, 0) is 6.54 Å². The van der Waals surface area contributed by atoms with Gasteiger partial charge >= 0.3 is 0 Å². The quantitative estimate of drug-likeness (QED) is 0.901. The molecular weight excluding hydrogens is 322 g/mol. The minimum Gasteiger partial charge on any atom is -0.354 e. The Bertz CT molecular complexity index is 666. The first-order chi connectivity index (χ1) is 11.6. The Morgan fingerprint density at radius 2 is 1.79 bits per heavy atom. The molecule has 24 heavy (non-hydrogen) atoms. The van der Waals surface area contributed by atoms with Crippen molar-refractivity contribution in [1.29, 1.82) is 0 Å². The Balaban J connectivity index is 1.66. The van der Waals surface area contributed by atoms with Gasteiger partial charge < -0.3 is 15.1 Å². The molecule has 0 atom stereocenters. The smallest absolute Gasteiger partial charge is 0.225 e. The molecule has 128 valence electrons. The fourth-order valence-electron chi connectivity index (χ4n) is 2.87. The van der Waals surface area contributed by atoms with Crippen LogP contribution in [0.4, 0.5) is 11.8 Å². The molecule has 0 bridgehead atoms. The largest absolute Gasteiger partial charge is 0.354 e. The van der Waals surface area contributed by atoms with Crippen LogP contribution in [0.1, 0.15) is 18.2 Å². The highest BCUT2D eigenvalue weighted by atomic mass is 35.5. The molecule has 2 heterocycles. The monoisotopic (exact) mass is 345 g/mol. The van der Waals surface area contributed by atoms with E-state index in [4.69, 9.17) is 16.6 Å². The van der Waals surface area contributed by atoms with Gasteiger partial charge in [-0.2, -0.15) is 4.98 Å². The number of likely N-dealkylation sites (N-methyl/N-ethyl adjacent to an activating group) is 1. The van der Waals surface area contributed by atoms with Crippen molar-refractivity contribution in [2.24, 2.45) is 0 Å². The molecule has 0 spiro atoms. The first-order valence-corrected chi connectivity index (χ1v) is 8.83. The Labute approximate surface area is 148 Å². The predicted molar refractivity (Wildman–Crippen MR) is 99.9 cm³/mol. The number of piperazine rings is 1. The number of halogens is 1. The Morgan fingerprint density at radius 3 is 2.46 bits per heavy atom. The van der Waals surface area contributed by atoms with Crippen LogP contribution < -0.4 is 10.2 Å². The molecule has 0 amide bonds. The lowest BCUT2D eigenvalue weighted by molar-refractivity contribution is 0.270. The molecule has 1 aromatic carbocycles. The van der Waals surface area contributed by atoms with E-state index in [-0.39, 0.29) is 0 Å². The molecule has 1 fully saturated rings. The summed E-state index contributed by atoms with van der Waals surface area (Å²) in [6.45, 7) is 10.2. The second kappa shape index (κ2) is 7.81. The van der Waals surface area contributed by atoms with Gasteiger partial charge in [-0.25, -0.2) is 4.98 Å². The molecule has 1 N–H and O–H groups in total. The number of rotatable bonds is 5. The van der Waals surface area contributed by atoms with Crippen LogP contribution in [0.5, 0.6) is 0 Å². The van der Waals surface area contributed by atoms with Crippen LogP contribution in [0.2, 0.25) is 5.02 Å². The van der Waals surface area contributed by atoms with E-state index >= 15 is 0 Å². The number of hydrogen-bond donors (Lipinski definition) is 1. The molecular formula is C18H24ClN5. The third-order valence-corrected chi connectivity index (χ3v) is 4.60. The number of benzene rings is 1. The van der Waals surface area contributed by atoms with Crippen molar-refractivity contribution in [2.45, 2.75) is 20.4 Å². The van der Waals surface area contributed by atoms with Crippen LogP contribution in [0.3, 0.4) is 0 Å². The summed E-state index contributed by atoms with van der Waals surface area (Å²) in [4.78, 5) is 14.0. The maximum absolute atomic E-state index is 5.92. The maximum Gasteiger partial charge on any atom is 0.225 e. The second-order valence-corrected chi connectivity index (χ2v) is 6.53. The van der Waals surface area contributed by atoms with E-state index in [0.29, 0.717) is 12.5 Å². The minimum atomic E-state index is 0.679. The van der Waals surface area contributed by atoms with Crippen molar-refractivity contribution in [1.82, 2.24) is 14.9 Å². The first kappa shape index (κ1) is 17.0. The molecule has 1 aromatic heterocycles. The topological polar surface area (TPSA) is 44.3 Å². The average molecular weight is 346 g/mol. The van der Waals surface area contributed by atoms with Crippen LogP contribution in [0, 0.1) is 6.92 Å². The van der Waals surface area contributed by atoms with E-state index in [0.717, 1.165) is 54.8 Å². The Hall–Kier alpha value is -1.85. The molecule has 1 saturated heterocycles. The van der Waals surface area contributed by atoms with Gasteiger partial charge in [0.2, 0.25) is 5.95 Å². The van der Waals surface area contributed by atoms with Crippen LogP contribution in [-0.4, -0.2) is 47.6 Å². The van der Waals surface area contributed by atoms with E-state index < -0.39 is 0 Å². The van der Waals surface area contributed by atoms with Crippen molar-refractivity contribution in [3.05, 3.63) is 46.6 Å². The lowest BCUT2D eigenvalue weighted by Gasteiger charge is -2.34. The number of nitrogens with zero attached hydrogens (tertiary/aromatic N) is 4. The van der Waals surface area contributed by atoms with Gasteiger partial charge in [0, 0.05) is 49.5 Å². The number of anilines is 2. The van der Waals surface area contributed by atoms with Gasteiger partial charge in [0.15, 0.2) is 0 Å². The standard InChI is InChI=1S/C18H24ClN5/c1-3-23-8-10-24(11-9-23)17-12-14(2)21-18(22-17)20-13-15-4-6-16(19)7-5-15/h4-7,12H,3,8-11,13H2,1-2H3,(H,20,21,22). The zero-order valence-electron chi connectivity index (χ0n) is 14.3. The summed E-state index contributed by atoms with van der Waals surface area (Å²) in [5, 5.41) is 4.07. The summed E-state index contributed by atoms with van der Waals surface area (Å²) >= 11 is 5.92. The van der Waals surface area contributed by atoms with Gasteiger partial charge in [-0.15, -0.1) is 0 Å². The molecule has 1 aliphatic rings. The molecule has 0 radical (unpaired) electrons. The van der Waals surface area contributed by atoms with E-state index in [1.54, 1.807) is 0 Å². The van der Waals surface area contributed by atoms with Gasteiger partial charge in [0.1, 0.15) is 5.82 Å². The summed E-state index contributed by atoms with van der Waals surface area (Å²) in [5.41, 5.74) is 2.14. The zero-order chi connectivity index (χ0) is 16.9. The maximum atomic E-state index is 5.92. The molecule has 6 heteroatoms. The number of nitrogens with one attached hydrogen (secondary N) is 1. The molecule has 5 nitrogen and oxygen atoms in total. The molecule has 1 aliphatic heterocycles. The third kappa shape index (κ3) is 4.36. The van der Waals surface area contributed by atoms with Gasteiger partial charge in [-0.05, 0) is 31.2 Å². The van der Waals surface area contributed by atoms with E-state index in [2.05, 4.69) is 33.1 Å². The normalized spacial score (nSPS) is 15.5. The summed E-state index contributed by atoms with van der Waals surface area (Å²) < 4.78 is 0. The van der Waals surface area contributed by atoms with Crippen LogP contribution in [0.25, 0.3) is 0 Å². The van der Waals surface area contributed by atoms with E-state index in [1.807, 2.05) is 31.2 Å². The van der Waals surface area contributed by atoms with Crippen molar-refractivity contribution >= 4 is 23.4 Å². The summed E-state index contributed by atoms with van der Waals surface area (Å²) in [6.07, 6.45) is 0. The van der Waals surface area contributed by atoms with Crippen molar-refractivity contribution < 1.29 is 0 Å². The lowest BCUT2D eigenvalue weighted by Crippen LogP contribution is -2.46. The first-order valence-electron chi connectivity index (χ1n) is 8.45. The van der Waals surface area contributed by atoms with Crippen molar-refractivity contribution in [2.75, 3.05) is 42.9 Å². The number of hydrogen-bond acceptors (Lipinski definition) is 5. The predicted octanol–water partition coefficient (Wildman–Crippen LogP) is 3.19. The van der Waals surface area contributed by atoms with Crippen LogP contribution >= 0.6 is 11.6 Å². The number of aryl methyl sites for hydroxylation is 1. The minimum absolute atomic E-state index is 0.679. The Kier molecular flexibility index (Phi) is 5.53. The second-order valence-electron chi connectivity index (χ2n) is 6.09. The van der Waals surface area contributed by atoms with Crippen molar-refractivity contribution in [3.8, 4) is 0 Å². The molecule has 0 aliphatic carbocycles. The molecule has 0 saturated carbocycles. The molecule has 2 aromatic rings. The summed E-state index contributed by atoms with van der Waals surface area (Å²) in [7, 11) is 0. The summed E-state index contributed by atoms with van der Waals surface area (Å²) in [5.74, 6) is 1.69. The van der Waals surface area contributed by atoms with Gasteiger partial charge in [-0.1, -0.05) is 30.7 Å². The van der Waals surface area contributed by atoms with Gasteiger partial charge in [-0.3, -0.25) is 0 Å². The number of aromatic nitrogens is 2. The molecule has 3 rings (SSSR count). The Morgan fingerprint density at radius 1 is 1.08 bits per heavy atom. The van der Waals surface area contributed by atoms with Crippen LogP contribution in [0.15, 0.2) is 30.3 Å². The van der Waals surface area contributed by atoms with Crippen molar-refractivity contribution in [3.63, 3.8) is 0 Å². The highest BCUT2D eigenvalue weighted by molar-refractivity contribution is 6.30. The average Bonchev–Trinajstić information content (AvgIpc) is 2.61. The van der Waals surface area contributed by atoms with Gasteiger partial charge in [0.05, 0.1) is 0 Å². The highest BCUT2D eigenvalue weighted by Gasteiger charge is 2.17.